The fourth-order valence-electron chi connectivity index (χ4n) is 1.65. The third kappa shape index (κ3) is 4.26. The van der Waals surface area contributed by atoms with Crippen molar-refractivity contribution >= 4 is 11.6 Å². The van der Waals surface area contributed by atoms with E-state index in [1.807, 2.05) is 13.8 Å². The molecule has 0 aliphatic carbocycles. The van der Waals surface area contributed by atoms with E-state index in [4.69, 9.17) is 11.6 Å². The largest absolute Gasteiger partial charge is 0.385 e. The smallest absolute Gasteiger partial charge is 0.123 e. The van der Waals surface area contributed by atoms with Crippen molar-refractivity contribution in [3.8, 4) is 0 Å². The maximum absolute atomic E-state index is 13.1. The molecule has 0 fully saturated rings. The van der Waals surface area contributed by atoms with Gasteiger partial charge in [0, 0.05) is 16.6 Å². The SMILES string of the molecule is CC(C)NCCC(C)(O)c1cc(F)ccc1Cl. The second-order valence-electron chi connectivity index (χ2n) is 4.76. The molecule has 0 spiro atoms. The number of hydrogen-bond acceptors (Lipinski definition) is 2. The molecule has 0 aliphatic heterocycles. The summed E-state index contributed by atoms with van der Waals surface area (Å²) in [6.07, 6.45) is 0.481. The maximum Gasteiger partial charge on any atom is 0.123 e. The molecule has 0 aromatic heterocycles. The molecule has 2 N–H and O–H groups in total. The lowest BCUT2D eigenvalue weighted by Crippen LogP contribution is -2.31. The molecule has 1 aromatic carbocycles. The van der Waals surface area contributed by atoms with E-state index >= 15 is 0 Å². The molecule has 1 aromatic rings. The Labute approximate surface area is 107 Å². The standard InChI is InChI=1S/C13H19ClFNO/c1-9(2)16-7-6-13(3,17)11-8-10(15)4-5-12(11)14/h4-5,8-9,16-17H,6-7H2,1-3H3. The number of aliphatic hydroxyl groups is 1. The number of rotatable bonds is 5. The molecule has 1 unspecified atom stereocenters. The first-order chi connectivity index (χ1) is 7.83. The van der Waals surface area contributed by atoms with Gasteiger partial charge < -0.3 is 10.4 Å². The molecule has 0 heterocycles. The Morgan fingerprint density at radius 2 is 2.12 bits per heavy atom. The van der Waals surface area contributed by atoms with Gasteiger partial charge in [-0.25, -0.2) is 4.39 Å². The summed E-state index contributed by atoms with van der Waals surface area (Å²) >= 11 is 5.98. The number of nitrogens with one attached hydrogen (secondary N) is 1. The van der Waals surface area contributed by atoms with Crippen molar-refractivity contribution in [2.24, 2.45) is 0 Å². The molecule has 1 atom stereocenters. The summed E-state index contributed by atoms with van der Waals surface area (Å²) in [6.45, 7) is 6.36. The van der Waals surface area contributed by atoms with E-state index in [1.54, 1.807) is 6.92 Å². The van der Waals surface area contributed by atoms with Crippen LogP contribution in [0.4, 0.5) is 4.39 Å². The van der Waals surface area contributed by atoms with Crippen molar-refractivity contribution in [2.45, 2.75) is 38.8 Å². The predicted molar refractivity (Wildman–Crippen MR) is 68.7 cm³/mol. The van der Waals surface area contributed by atoms with E-state index in [9.17, 15) is 9.50 Å². The molecule has 0 aliphatic rings. The van der Waals surface area contributed by atoms with Crippen molar-refractivity contribution in [1.82, 2.24) is 5.32 Å². The van der Waals surface area contributed by atoms with E-state index in [1.165, 1.54) is 18.2 Å². The average Bonchev–Trinajstić information content (AvgIpc) is 2.20. The van der Waals surface area contributed by atoms with Crippen LogP contribution in [-0.2, 0) is 5.60 Å². The predicted octanol–water partition coefficient (Wildman–Crippen LogP) is 3.07. The van der Waals surface area contributed by atoms with Crippen LogP contribution in [-0.4, -0.2) is 17.7 Å². The minimum atomic E-state index is -1.12. The molecule has 0 saturated carbocycles. The molecule has 1 rings (SSSR count). The van der Waals surface area contributed by atoms with Crippen LogP contribution in [0.2, 0.25) is 5.02 Å². The minimum Gasteiger partial charge on any atom is -0.385 e. The van der Waals surface area contributed by atoms with Gasteiger partial charge in [-0.05, 0) is 38.1 Å². The van der Waals surface area contributed by atoms with Crippen LogP contribution >= 0.6 is 11.6 Å². The third-order valence-electron chi connectivity index (χ3n) is 2.67. The van der Waals surface area contributed by atoms with Crippen LogP contribution in [0.15, 0.2) is 18.2 Å². The highest BCUT2D eigenvalue weighted by atomic mass is 35.5. The first-order valence-electron chi connectivity index (χ1n) is 5.74. The Bertz CT molecular complexity index is 380. The highest BCUT2D eigenvalue weighted by molar-refractivity contribution is 6.31. The average molecular weight is 260 g/mol. The summed E-state index contributed by atoms with van der Waals surface area (Å²) in [5.74, 6) is -0.388. The van der Waals surface area contributed by atoms with Crippen LogP contribution in [0.1, 0.15) is 32.8 Å². The first-order valence-corrected chi connectivity index (χ1v) is 6.12. The quantitative estimate of drug-likeness (QED) is 0.852. The van der Waals surface area contributed by atoms with E-state index in [0.29, 0.717) is 29.6 Å². The molecule has 96 valence electrons. The summed E-state index contributed by atoms with van der Waals surface area (Å²) in [6, 6.07) is 4.40. The first kappa shape index (κ1) is 14.4. The molecule has 0 radical (unpaired) electrons. The molecule has 4 heteroatoms. The molecular weight excluding hydrogens is 241 g/mol. The highest BCUT2D eigenvalue weighted by Crippen LogP contribution is 2.31. The van der Waals surface area contributed by atoms with Gasteiger partial charge in [0.15, 0.2) is 0 Å². The highest BCUT2D eigenvalue weighted by Gasteiger charge is 2.25. The Kier molecular flexibility index (Phi) is 4.92. The van der Waals surface area contributed by atoms with E-state index in [-0.39, 0.29) is 5.82 Å². The maximum atomic E-state index is 13.1. The van der Waals surface area contributed by atoms with Gasteiger partial charge in [0.25, 0.3) is 0 Å². The van der Waals surface area contributed by atoms with Gasteiger partial charge in [-0.1, -0.05) is 25.4 Å². The fourth-order valence-corrected chi connectivity index (χ4v) is 1.97. The monoisotopic (exact) mass is 259 g/mol. The minimum absolute atomic E-state index is 0.355. The molecule has 17 heavy (non-hydrogen) atoms. The van der Waals surface area contributed by atoms with E-state index in [0.717, 1.165) is 0 Å². The van der Waals surface area contributed by atoms with Crippen molar-refractivity contribution in [1.29, 1.82) is 0 Å². The number of benzene rings is 1. The summed E-state index contributed by atoms with van der Waals surface area (Å²) in [5, 5.41) is 13.9. The summed E-state index contributed by atoms with van der Waals surface area (Å²) in [5.41, 5.74) is -0.689. The lowest BCUT2D eigenvalue weighted by atomic mass is 9.92. The van der Waals surface area contributed by atoms with Crippen LogP contribution < -0.4 is 5.32 Å². The number of halogens is 2. The van der Waals surface area contributed by atoms with Crippen molar-refractivity contribution in [3.05, 3.63) is 34.6 Å². The van der Waals surface area contributed by atoms with Gasteiger partial charge in [-0.2, -0.15) is 0 Å². The van der Waals surface area contributed by atoms with Gasteiger partial charge in [0.2, 0.25) is 0 Å². The summed E-state index contributed by atoms with van der Waals surface area (Å²) in [4.78, 5) is 0. The Morgan fingerprint density at radius 3 is 2.71 bits per heavy atom. The molecule has 0 amide bonds. The van der Waals surface area contributed by atoms with Crippen LogP contribution in [0.3, 0.4) is 0 Å². The lowest BCUT2D eigenvalue weighted by Gasteiger charge is -2.25. The number of hydrogen-bond donors (Lipinski definition) is 2. The van der Waals surface area contributed by atoms with Gasteiger partial charge in [0.05, 0.1) is 5.60 Å². The lowest BCUT2D eigenvalue weighted by molar-refractivity contribution is 0.0473. The van der Waals surface area contributed by atoms with Crippen molar-refractivity contribution in [2.75, 3.05) is 6.54 Å². The molecular formula is C13H19ClFNO. The molecule has 0 bridgehead atoms. The Hall–Kier alpha value is -0.640. The van der Waals surface area contributed by atoms with Crippen LogP contribution in [0, 0.1) is 5.82 Å². The zero-order valence-electron chi connectivity index (χ0n) is 10.4. The van der Waals surface area contributed by atoms with Gasteiger partial charge in [-0.3, -0.25) is 0 Å². The third-order valence-corrected chi connectivity index (χ3v) is 3.00. The van der Waals surface area contributed by atoms with E-state index in [2.05, 4.69) is 5.32 Å². The summed E-state index contributed by atoms with van der Waals surface area (Å²) < 4.78 is 13.1. The van der Waals surface area contributed by atoms with Crippen LogP contribution in [0.5, 0.6) is 0 Å². The van der Waals surface area contributed by atoms with Gasteiger partial charge in [0.1, 0.15) is 5.82 Å². The topological polar surface area (TPSA) is 32.3 Å². The second-order valence-corrected chi connectivity index (χ2v) is 5.16. The normalized spacial score (nSPS) is 15.0. The van der Waals surface area contributed by atoms with Gasteiger partial charge in [-0.15, -0.1) is 0 Å². The second kappa shape index (κ2) is 5.80. The summed E-state index contributed by atoms with van der Waals surface area (Å²) in [7, 11) is 0. The van der Waals surface area contributed by atoms with Crippen LogP contribution in [0.25, 0.3) is 0 Å². The van der Waals surface area contributed by atoms with Gasteiger partial charge >= 0.3 is 0 Å². The Morgan fingerprint density at radius 1 is 1.47 bits per heavy atom. The Balaban J connectivity index is 2.77. The zero-order chi connectivity index (χ0) is 13.1. The zero-order valence-corrected chi connectivity index (χ0v) is 11.2. The fraction of sp³-hybridized carbons (Fsp3) is 0.538. The molecule has 0 saturated heterocycles. The van der Waals surface area contributed by atoms with E-state index < -0.39 is 5.60 Å². The molecule has 2 nitrogen and oxygen atoms in total. The van der Waals surface area contributed by atoms with Crippen molar-refractivity contribution < 1.29 is 9.50 Å². The van der Waals surface area contributed by atoms with Crippen molar-refractivity contribution in [3.63, 3.8) is 0 Å².